The highest BCUT2D eigenvalue weighted by Gasteiger charge is 2.26. The van der Waals surface area contributed by atoms with Crippen LogP contribution in [0.2, 0.25) is 10.0 Å². The molecule has 1 saturated heterocycles. The molecule has 2 atom stereocenters. The van der Waals surface area contributed by atoms with E-state index in [4.69, 9.17) is 27.9 Å². The van der Waals surface area contributed by atoms with Crippen molar-refractivity contribution in [3.63, 3.8) is 0 Å². The second kappa shape index (κ2) is 5.91. The number of rotatable bonds is 3. The first-order valence-corrected chi connectivity index (χ1v) is 6.61. The minimum atomic E-state index is -0.586. The van der Waals surface area contributed by atoms with Crippen molar-refractivity contribution in [1.29, 1.82) is 0 Å². The highest BCUT2D eigenvalue weighted by Crippen LogP contribution is 2.25. The monoisotopic (exact) mass is 288 g/mol. The van der Waals surface area contributed by atoms with Gasteiger partial charge in [0.1, 0.15) is 6.10 Å². The molecule has 1 aromatic rings. The summed E-state index contributed by atoms with van der Waals surface area (Å²) in [6, 6.07) is 5.34. The van der Waals surface area contributed by atoms with E-state index in [0.717, 1.165) is 5.56 Å². The van der Waals surface area contributed by atoms with Gasteiger partial charge in [0, 0.05) is 16.5 Å². The van der Waals surface area contributed by atoms with Gasteiger partial charge in [-0.25, -0.2) is 0 Å². The average molecular weight is 289 g/mol. The Balaban J connectivity index is 1.93. The molecule has 18 heavy (non-hydrogen) atoms. The molecule has 0 amide bonds. The fraction of sp³-hybridized carbons (Fsp3) is 0.462. The van der Waals surface area contributed by atoms with Gasteiger partial charge in [-0.05, 0) is 30.5 Å². The zero-order valence-corrected chi connectivity index (χ0v) is 11.2. The van der Waals surface area contributed by atoms with Gasteiger partial charge in [0.2, 0.25) is 0 Å². The lowest BCUT2D eigenvalue weighted by atomic mass is 9.99. The molecule has 0 aliphatic carbocycles. The number of halogens is 2. The molecule has 3 nitrogen and oxygen atoms in total. The maximum atomic E-state index is 11.2. The van der Waals surface area contributed by atoms with Crippen LogP contribution in [0.5, 0.6) is 0 Å². The van der Waals surface area contributed by atoms with E-state index < -0.39 is 6.10 Å². The van der Waals surface area contributed by atoms with Crippen LogP contribution in [0.25, 0.3) is 0 Å². The summed E-state index contributed by atoms with van der Waals surface area (Å²) in [5.74, 6) is -0.332. The van der Waals surface area contributed by atoms with Gasteiger partial charge in [-0.15, -0.1) is 0 Å². The highest BCUT2D eigenvalue weighted by molar-refractivity contribution is 6.35. The number of hydrogen-bond acceptors (Lipinski definition) is 3. The van der Waals surface area contributed by atoms with Gasteiger partial charge >= 0.3 is 5.97 Å². The molecule has 98 valence electrons. The number of aliphatic hydroxyl groups is 1. The summed E-state index contributed by atoms with van der Waals surface area (Å²) in [4.78, 5) is 11.2. The number of carbonyl (C=O) groups is 1. The Bertz CT molecular complexity index is 448. The van der Waals surface area contributed by atoms with Crippen molar-refractivity contribution >= 4 is 29.2 Å². The van der Waals surface area contributed by atoms with Crippen molar-refractivity contribution in [2.75, 3.05) is 0 Å². The van der Waals surface area contributed by atoms with Crippen LogP contribution in [-0.4, -0.2) is 23.3 Å². The minimum Gasteiger partial charge on any atom is -0.462 e. The SMILES string of the molecule is O=C1C[C@@H](O)C[C@H](CCc2ccc(Cl)cc2Cl)O1. The van der Waals surface area contributed by atoms with Crippen LogP contribution in [-0.2, 0) is 16.0 Å². The Morgan fingerprint density at radius 3 is 2.83 bits per heavy atom. The molecule has 2 rings (SSSR count). The Kier molecular flexibility index (Phi) is 4.49. The maximum absolute atomic E-state index is 11.2. The van der Waals surface area contributed by atoms with Gasteiger partial charge in [0.25, 0.3) is 0 Å². The largest absolute Gasteiger partial charge is 0.462 e. The lowest BCUT2D eigenvalue weighted by molar-refractivity contribution is -0.160. The molecule has 1 aliphatic heterocycles. The average Bonchev–Trinajstić information content (AvgIpc) is 2.26. The lowest BCUT2D eigenvalue weighted by Crippen LogP contribution is -2.32. The van der Waals surface area contributed by atoms with E-state index in [0.29, 0.717) is 29.3 Å². The summed E-state index contributed by atoms with van der Waals surface area (Å²) in [7, 11) is 0. The molecule has 1 heterocycles. The van der Waals surface area contributed by atoms with Gasteiger partial charge < -0.3 is 9.84 Å². The predicted molar refractivity (Wildman–Crippen MR) is 69.9 cm³/mol. The third kappa shape index (κ3) is 3.61. The Labute approximate surface area is 116 Å². The molecular formula is C13H14Cl2O3. The maximum Gasteiger partial charge on any atom is 0.308 e. The number of aryl methyl sites for hydroxylation is 1. The first-order valence-electron chi connectivity index (χ1n) is 5.86. The van der Waals surface area contributed by atoms with Crippen molar-refractivity contribution in [3.8, 4) is 0 Å². The summed E-state index contributed by atoms with van der Waals surface area (Å²) < 4.78 is 5.17. The molecule has 0 unspecified atom stereocenters. The van der Waals surface area contributed by atoms with E-state index in [2.05, 4.69) is 0 Å². The Morgan fingerprint density at radius 2 is 2.17 bits per heavy atom. The number of hydrogen-bond donors (Lipinski definition) is 1. The van der Waals surface area contributed by atoms with E-state index in [1.165, 1.54) is 0 Å². The number of esters is 1. The van der Waals surface area contributed by atoms with E-state index in [1.807, 2.05) is 6.07 Å². The first kappa shape index (κ1) is 13.7. The van der Waals surface area contributed by atoms with Crippen LogP contribution in [0, 0.1) is 0 Å². The fourth-order valence-corrected chi connectivity index (χ4v) is 2.58. The van der Waals surface area contributed by atoms with Crippen molar-refractivity contribution in [1.82, 2.24) is 0 Å². The molecule has 1 fully saturated rings. The molecule has 0 bridgehead atoms. The Hall–Kier alpha value is -0.770. The van der Waals surface area contributed by atoms with Crippen LogP contribution >= 0.6 is 23.2 Å². The molecule has 0 radical (unpaired) electrons. The van der Waals surface area contributed by atoms with Crippen LogP contribution in [0.15, 0.2) is 18.2 Å². The van der Waals surface area contributed by atoms with Crippen LogP contribution < -0.4 is 0 Å². The fourth-order valence-electron chi connectivity index (χ4n) is 2.08. The van der Waals surface area contributed by atoms with Gasteiger partial charge in [-0.3, -0.25) is 4.79 Å². The normalized spacial score (nSPS) is 23.8. The van der Waals surface area contributed by atoms with Gasteiger partial charge in [0.05, 0.1) is 12.5 Å². The van der Waals surface area contributed by atoms with E-state index in [-0.39, 0.29) is 18.5 Å². The predicted octanol–water partition coefficient (Wildman–Crippen LogP) is 2.99. The first-order chi connectivity index (χ1) is 8.54. The number of ether oxygens (including phenoxy) is 1. The second-order valence-corrected chi connectivity index (χ2v) is 5.32. The summed E-state index contributed by atoms with van der Waals surface area (Å²) >= 11 is 11.9. The second-order valence-electron chi connectivity index (χ2n) is 4.48. The van der Waals surface area contributed by atoms with E-state index in [1.54, 1.807) is 12.1 Å². The molecule has 1 aromatic carbocycles. The molecule has 5 heteroatoms. The number of aliphatic hydroxyl groups excluding tert-OH is 1. The topological polar surface area (TPSA) is 46.5 Å². The molecule has 1 N–H and O–H groups in total. The minimum absolute atomic E-state index is 0.0954. The molecule has 0 aromatic heterocycles. The third-order valence-corrected chi connectivity index (χ3v) is 3.57. The van der Waals surface area contributed by atoms with Crippen molar-refractivity contribution in [2.45, 2.75) is 37.9 Å². The van der Waals surface area contributed by atoms with E-state index in [9.17, 15) is 9.90 Å². The van der Waals surface area contributed by atoms with Crippen LogP contribution in [0.1, 0.15) is 24.8 Å². The Morgan fingerprint density at radius 1 is 1.39 bits per heavy atom. The standard InChI is InChI=1S/C13H14Cl2O3/c14-9-3-1-8(12(15)5-9)2-4-11-6-10(16)7-13(17)18-11/h1,3,5,10-11,16H,2,4,6-7H2/t10-,11-/m0/s1. The summed E-state index contributed by atoms with van der Waals surface area (Å²) in [6.45, 7) is 0. The zero-order chi connectivity index (χ0) is 13.1. The number of cyclic esters (lactones) is 1. The lowest BCUT2D eigenvalue weighted by Gasteiger charge is -2.25. The third-order valence-electron chi connectivity index (χ3n) is 2.99. The molecule has 0 saturated carbocycles. The van der Waals surface area contributed by atoms with Crippen molar-refractivity contribution in [2.24, 2.45) is 0 Å². The van der Waals surface area contributed by atoms with E-state index >= 15 is 0 Å². The van der Waals surface area contributed by atoms with Crippen molar-refractivity contribution < 1.29 is 14.6 Å². The number of benzene rings is 1. The molecule has 0 spiro atoms. The van der Waals surface area contributed by atoms with Gasteiger partial charge in [-0.1, -0.05) is 29.3 Å². The quantitative estimate of drug-likeness (QED) is 0.870. The number of carbonyl (C=O) groups excluding carboxylic acids is 1. The van der Waals surface area contributed by atoms with Gasteiger partial charge in [-0.2, -0.15) is 0 Å². The summed E-state index contributed by atoms with van der Waals surface area (Å²) in [5.41, 5.74) is 0.970. The van der Waals surface area contributed by atoms with Crippen LogP contribution in [0.3, 0.4) is 0 Å². The summed E-state index contributed by atoms with van der Waals surface area (Å²) in [6.07, 6.45) is 1.13. The highest BCUT2D eigenvalue weighted by atomic mass is 35.5. The zero-order valence-electron chi connectivity index (χ0n) is 9.73. The van der Waals surface area contributed by atoms with Crippen LogP contribution in [0.4, 0.5) is 0 Å². The van der Waals surface area contributed by atoms with Crippen molar-refractivity contribution in [3.05, 3.63) is 33.8 Å². The molecule has 1 aliphatic rings. The summed E-state index contributed by atoms with van der Waals surface area (Å²) in [5, 5.41) is 10.7. The van der Waals surface area contributed by atoms with Gasteiger partial charge in [0.15, 0.2) is 0 Å². The molecular weight excluding hydrogens is 275 g/mol. The smallest absolute Gasteiger partial charge is 0.308 e.